The van der Waals surface area contributed by atoms with Crippen LogP contribution in [-0.4, -0.2) is 53.7 Å². The second-order valence-electron chi connectivity index (χ2n) is 6.32. The van der Waals surface area contributed by atoms with Crippen molar-refractivity contribution in [3.8, 4) is 0 Å². The molecule has 1 aromatic rings. The van der Waals surface area contributed by atoms with E-state index in [-0.39, 0.29) is 42.8 Å². The zero-order valence-corrected chi connectivity index (χ0v) is 15.9. The summed E-state index contributed by atoms with van der Waals surface area (Å²) in [6.07, 6.45) is 2.67. The average molecular weight is 371 g/mol. The van der Waals surface area contributed by atoms with E-state index in [1.54, 1.807) is 0 Å². The molecule has 1 fully saturated rings. The van der Waals surface area contributed by atoms with Crippen LogP contribution in [0.15, 0.2) is 24.3 Å². The van der Waals surface area contributed by atoms with Crippen LogP contribution in [0.25, 0.3) is 0 Å². The van der Waals surface area contributed by atoms with Crippen molar-refractivity contribution in [2.45, 2.75) is 45.6 Å². The monoisotopic (exact) mass is 370 g/mol. The molecule has 140 valence electrons. The fraction of sp³-hybridized carbons (Fsp3) is 0.579. The van der Waals surface area contributed by atoms with Crippen LogP contribution in [0.2, 0.25) is 0 Å². The van der Waals surface area contributed by atoms with Crippen molar-refractivity contribution in [2.24, 2.45) is 0 Å². The maximum Gasteiger partial charge on any atom is 0.223 e. The van der Waals surface area contributed by atoms with Crippen molar-refractivity contribution in [3.63, 3.8) is 0 Å². The highest BCUT2D eigenvalue weighted by molar-refractivity contribution is 5.97. The molecule has 0 radical (unpaired) electrons. The molecule has 1 aliphatic heterocycles. The van der Waals surface area contributed by atoms with Crippen molar-refractivity contribution >= 4 is 24.1 Å². The molecule has 1 aromatic carbocycles. The quantitative estimate of drug-likeness (QED) is 0.689. The number of nitrogens with zero attached hydrogens (tertiary/aromatic N) is 2. The Morgan fingerprint density at radius 3 is 2.08 bits per heavy atom. The smallest absolute Gasteiger partial charge is 0.223 e. The second kappa shape index (κ2) is 10.5. The van der Waals surface area contributed by atoms with E-state index in [0.717, 1.165) is 39.0 Å². The van der Waals surface area contributed by atoms with E-state index in [9.17, 15) is 14.0 Å². The third kappa shape index (κ3) is 6.08. The second-order valence-corrected chi connectivity index (χ2v) is 6.32. The number of carbonyl (C=O) groups is 2. The minimum atomic E-state index is -0.363. The summed E-state index contributed by atoms with van der Waals surface area (Å²) in [5.74, 6) is -0.438. The van der Waals surface area contributed by atoms with E-state index in [4.69, 9.17) is 0 Å². The lowest BCUT2D eigenvalue weighted by Gasteiger charge is -2.38. The van der Waals surface area contributed by atoms with Crippen LogP contribution in [0.5, 0.6) is 0 Å². The summed E-state index contributed by atoms with van der Waals surface area (Å²) in [6, 6.07) is 6.08. The van der Waals surface area contributed by atoms with Gasteiger partial charge in [-0.1, -0.05) is 13.8 Å². The molecule has 1 saturated heterocycles. The van der Waals surface area contributed by atoms with Crippen LogP contribution in [-0.2, 0) is 4.79 Å². The Morgan fingerprint density at radius 2 is 1.56 bits per heavy atom. The first-order chi connectivity index (χ1) is 11.5. The summed E-state index contributed by atoms with van der Waals surface area (Å²) in [6.45, 7) is 7.69. The maximum absolute atomic E-state index is 12.9. The molecule has 4 nitrogen and oxygen atoms in total. The number of benzene rings is 1. The summed E-state index contributed by atoms with van der Waals surface area (Å²) in [5.41, 5.74) is 0.461. The lowest BCUT2D eigenvalue weighted by molar-refractivity contribution is -0.133. The minimum absolute atomic E-state index is 0. The molecule has 0 spiro atoms. The summed E-state index contributed by atoms with van der Waals surface area (Å²) in [4.78, 5) is 28.7. The zero-order chi connectivity index (χ0) is 17.5. The normalized spacial score (nSPS) is 15.1. The van der Waals surface area contributed by atoms with Gasteiger partial charge in [-0.05, 0) is 37.1 Å². The Kier molecular flexibility index (Phi) is 9.08. The molecule has 0 aliphatic carbocycles. The third-order valence-corrected chi connectivity index (χ3v) is 4.86. The molecule has 1 amide bonds. The number of amides is 1. The number of piperazine rings is 1. The lowest BCUT2D eigenvalue weighted by Crippen LogP contribution is -2.51. The van der Waals surface area contributed by atoms with Crippen molar-refractivity contribution < 1.29 is 14.0 Å². The first-order valence-electron chi connectivity index (χ1n) is 8.85. The van der Waals surface area contributed by atoms with Crippen molar-refractivity contribution in [1.29, 1.82) is 0 Å². The van der Waals surface area contributed by atoms with Crippen molar-refractivity contribution in [3.05, 3.63) is 35.6 Å². The molecule has 6 heteroatoms. The van der Waals surface area contributed by atoms with Gasteiger partial charge in [0.05, 0.1) is 0 Å². The average Bonchev–Trinajstić information content (AvgIpc) is 2.61. The van der Waals surface area contributed by atoms with Crippen LogP contribution in [0.3, 0.4) is 0 Å². The van der Waals surface area contributed by atoms with Gasteiger partial charge < -0.3 is 4.90 Å². The number of carbonyl (C=O) groups excluding carboxylic acids is 2. The number of hydrogen-bond donors (Lipinski definition) is 0. The van der Waals surface area contributed by atoms with Gasteiger partial charge in [-0.25, -0.2) is 4.39 Å². The topological polar surface area (TPSA) is 40.6 Å². The SMILES string of the molecule is CCC(CC)N1CCN(C(=O)CCC(=O)c2ccc(F)cc2)CC1.Cl. The van der Waals surface area contributed by atoms with Crippen LogP contribution in [0, 0.1) is 5.82 Å². The molecular weight excluding hydrogens is 343 g/mol. The summed E-state index contributed by atoms with van der Waals surface area (Å²) < 4.78 is 12.9. The van der Waals surface area contributed by atoms with Gasteiger partial charge in [0.15, 0.2) is 5.78 Å². The predicted octanol–water partition coefficient (Wildman–Crippen LogP) is 3.54. The van der Waals surface area contributed by atoms with Crippen LogP contribution in [0.1, 0.15) is 49.9 Å². The number of rotatable bonds is 7. The first kappa shape index (κ1) is 21.6. The van der Waals surface area contributed by atoms with Crippen LogP contribution >= 0.6 is 12.4 Å². The van der Waals surface area contributed by atoms with E-state index >= 15 is 0 Å². The summed E-state index contributed by atoms with van der Waals surface area (Å²) >= 11 is 0. The van der Waals surface area contributed by atoms with Gasteiger partial charge in [-0.15, -0.1) is 12.4 Å². The van der Waals surface area contributed by atoms with Crippen molar-refractivity contribution in [2.75, 3.05) is 26.2 Å². The standard InChI is InChI=1S/C19H27FN2O2.ClH/c1-3-17(4-2)21-11-13-22(14-12-21)19(24)10-9-18(23)15-5-7-16(20)8-6-15;/h5-8,17H,3-4,9-14H2,1-2H3;1H. The molecule has 0 bridgehead atoms. The van der Waals surface area contributed by atoms with Gasteiger partial charge in [0.2, 0.25) is 5.91 Å². The Balaban J connectivity index is 0.00000312. The highest BCUT2D eigenvalue weighted by atomic mass is 35.5. The molecule has 25 heavy (non-hydrogen) atoms. The maximum atomic E-state index is 12.9. The number of hydrogen-bond acceptors (Lipinski definition) is 3. The Morgan fingerprint density at radius 1 is 1.00 bits per heavy atom. The van der Waals surface area contributed by atoms with E-state index < -0.39 is 0 Å². The minimum Gasteiger partial charge on any atom is -0.340 e. The molecule has 0 unspecified atom stereocenters. The highest BCUT2D eigenvalue weighted by Crippen LogP contribution is 2.14. The molecular formula is C19H28ClFN2O2. The molecule has 0 saturated carbocycles. The predicted molar refractivity (Wildman–Crippen MR) is 99.7 cm³/mol. The largest absolute Gasteiger partial charge is 0.340 e. The number of ketones is 1. The van der Waals surface area contributed by atoms with E-state index in [2.05, 4.69) is 18.7 Å². The van der Waals surface area contributed by atoms with Gasteiger partial charge in [-0.3, -0.25) is 14.5 Å². The Bertz CT molecular complexity index is 553. The fourth-order valence-electron chi connectivity index (χ4n) is 3.30. The molecule has 1 heterocycles. The number of Topliss-reactive ketones (excluding diaryl/α,β-unsaturated/α-hetero) is 1. The van der Waals surface area contributed by atoms with Gasteiger partial charge >= 0.3 is 0 Å². The molecule has 0 N–H and O–H groups in total. The van der Waals surface area contributed by atoms with Gasteiger partial charge in [-0.2, -0.15) is 0 Å². The van der Waals surface area contributed by atoms with Gasteiger partial charge in [0.1, 0.15) is 5.82 Å². The van der Waals surface area contributed by atoms with E-state index in [0.29, 0.717) is 11.6 Å². The van der Waals surface area contributed by atoms with E-state index in [1.165, 1.54) is 24.3 Å². The number of halogens is 2. The van der Waals surface area contributed by atoms with Crippen LogP contribution in [0.4, 0.5) is 4.39 Å². The van der Waals surface area contributed by atoms with Crippen molar-refractivity contribution in [1.82, 2.24) is 9.80 Å². The van der Waals surface area contributed by atoms with Gasteiger partial charge in [0, 0.05) is 50.6 Å². The summed E-state index contributed by atoms with van der Waals surface area (Å²) in [5, 5.41) is 0. The fourth-order valence-corrected chi connectivity index (χ4v) is 3.30. The zero-order valence-electron chi connectivity index (χ0n) is 15.0. The summed E-state index contributed by atoms with van der Waals surface area (Å²) in [7, 11) is 0. The third-order valence-electron chi connectivity index (χ3n) is 4.86. The van der Waals surface area contributed by atoms with Crippen LogP contribution < -0.4 is 0 Å². The molecule has 1 aliphatic rings. The molecule has 0 atom stereocenters. The first-order valence-corrected chi connectivity index (χ1v) is 8.85. The lowest BCUT2D eigenvalue weighted by atomic mass is 10.1. The van der Waals surface area contributed by atoms with Gasteiger partial charge in [0.25, 0.3) is 0 Å². The molecule has 0 aromatic heterocycles. The Hall–Kier alpha value is -1.46. The highest BCUT2D eigenvalue weighted by Gasteiger charge is 2.24. The molecule has 2 rings (SSSR count). The van der Waals surface area contributed by atoms with E-state index in [1.807, 2.05) is 4.90 Å². The Labute approximate surface area is 155 Å².